The molecule has 0 saturated carbocycles. The van der Waals surface area contributed by atoms with Crippen molar-refractivity contribution in [1.29, 1.82) is 0 Å². The first kappa shape index (κ1) is 9.12. The molecule has 0 amide bonds. The van der Waals surface area contributed by atoms with Crippen molar-refractivity contribution in [3.8, 4) is 0 Å². The van der Waals surface area contributed by atoms with E-state index in [1.54, 1.807) is 6.07 Å². The summed E-state index contributed by atoms with van der Waals surface area (Å²) in [5, 5.41) is 7.88. The first-order valence-corrected chi connectivity index (χ1v) is 4.80. The van der Waals surface area contributed by atoms with Gasteiger partial charge in [-0.15, -0.1) is 5.10 Å². The van der Waals surface area contributed by atoms with Gasteiger partial charge in [-0.05, 0) is 18.6 Å². The van der Waals surface area contributed by atoms with Gasteiger partial charge >= 0.3 is 0 Å². The van der Waals surface area contributed by atoms with Crippen molar-refractivity contribution in [2.45, 2.75) is 26.3 Å². The molecule has 0 radical (unpaired) electrons. The van der Waals surface area contributed by atoms with Crippen LogP contribution in [0.4, 0.5) is 4.39 Å². The molecule has 0 saturated heterocycles. The van der Waals surface area contributed by atoms with E-state index in [-0.39, 0.29) is 5.82 Å². The molecule has 1 aromatic carbocycles. The minimum Gasteiger partial charge on any atom is -0.245 e. The van der Waals surface area contributed by atoms with E-state index in [9.17, 15) is 4.39 Å². The second-order valence-electron chi connectivity index (χ2n) is 3.30. The van der Waals surface area contributed by atoms with Crippen molar-refractivity contribution in [3.63, 3.8) is 0 Å². The number of unbranched alkanes of at least 4 members (excludes halogenated alkanes) is 1. The van der Waals surface area contributed by atoms with Gasteiger partial charge in [0.15, 0.2) is 0 Å². The Morgan fingerprint density at radius 2 is 2.29 bits per heavy atom. The standard InChI is InChI=1S/C10H12FN3/c1-2-3-6-14-10-5-4-8(11)7-9(10)12-13-14/h4-5,7H,2-3,6H2,1H3. The second kappa shape index (κ2) is 3.74. The maximum Gasteiger partial charge on any atom is 0.125 e. The summed E-state index contributed by atoms with van der Waals surface area (Å²) in [6.07, 6.45) is 2.18. The van der Waals surface area contributed by atoms with Crippen LogP contribution in [0.2, 0.25) is 0 Å². The summed E-state index contributed by atoms with van der Waals surface area (Å²) in [4.78, 5) is 0. The topological polar surface area (TPSA) is 30.7 Å². The summed E-state index contributed by atoms with van der Waals surface area (Å²) in [5.41, 5.74) is 1.53. The Kier molecular flexibility index (Phi) is 2.43. The highest BCUT2D eigenvalue weighted by atomic mass is 19.1. The van der Waals surface area contributed by atoms with Gasteiger partial charge in [-0.25, -0.2) is 9.07 Å². The van der Waals surface area contributed by atoms with Gasteiger partial charge in [-0.2, -0.15) is 0 Å². The zero-order valence-corrected chi connectivity index (χ0v) is 8.07. The zero-order chi connectivity index (χ0) is 9.97. The fraction of sp³-hybridized carbons (Fsp3) is 0.400. The van der Waals surface area contributed by atoms with E-state index in [1.807, 2.05) is 4.68 Å². The lowest BCUT2D eigenvalue weighted by molar-refractivity contribution is 0.567. The first-order chi connectivity index (χ1) is 6.81. The van der Waals surface area contributed by atoms with Gasteiger partial charge < -0.3 is 0 Å². The van der Waals surface area contributed by atoms with Crippen LogP contribution in [0, 0.1) is 5.82 Å². The van der Waals surface area contributed by atoms with E-state index in [1.165, 1.54) is 12.1 Å². The number of hydrogen-bond donors (Lipinski definition) is 0. The Morgan fingerprint density at radius 1 is 1.43 bits per heavy atom. The Balaban J connectivity index is 2.37. The van der Waals surface area contributed by atoms with Crippen molar-refractivity contribution in [2.24, 2.45) is 0 Å². The molecule has 1 aromatic heterocycles. The lowest BCUT2D eigenvalue weighted by atomic mass is 10.3. The average molecular weight is 193 g/mol. The van der Waals surface area contributed by atoms with Gasteiger partial charge in [0, 0.05) is 12.6 Å². The SMILES string of the molecule is CCCCn1nnc2cc(F)ccc21. The van der Waals surface area contributed by atoms with Crippen LogP contribution in [0.15, 0.2) is 18.2 Å². The normalized spacial score (nSPS) is 11.0. The molecule has 2 rings (SSSR count). The number of nitrogens with zero attached hydrogens (tertiary/aromatic N) is 3. The highest BCUT2D eigenvalue weighted by Gasteiger charge is 2.04. The molecule has 0 aliphatic rings. The molecule has 0 unspecified atom stereocenters. The lowest BCUT2D eigenvalue weighted by Crippen LogP contribution is -1.99. The quantitative estimate of drug-likeness (QED) is 0.749. The maximum atomic E-state index is 12.8. The number of fused-ring (bicyclic) bond motifs is 1. The Morgan fingerprint density at radius 3 is 3.07 bits per heavy atom. The lowest BCUT2D eigenvalue weighted by Gasteiger charge is -1.99. The number of benzene rings is 1. The highest BCUT2D eigenvalue weighted by Crippen LogP contribution is 2.12. The van der Waals surface area contributed by atoms with E-state index in [0.29, 0.717) is 5.52 Å². The summed E-state index contributed by atoms with van der Waals surface area (Å²) in [5.74, 6) is -0.264. The van der Waals surface area contributed by atoms with Crippen molar-refractivity contribution in [1.82, 2.24) is 15.0 Å². The monoisotopic (exact) mass is 193 g/mol. The minimum absolute atomic E-state index is 0.264. The van der Waals surface area contributed by atoms with Gasteiger partial charge in [0.05, 0.1) is 5.52 Å². The van der Waals surface area contributed by atoms with Crippen LogP contribution in [-0.2, 0) is 6.54 Å². The smallest absolute Gasteiger partial charge is 0.125 e. The van der Waals surface area contributed by atoms with Crippen LogP contribution < -0.4 is 0 Å². The predicted octanol–water partition coefficient (Wildman–Crippen LogP) is 2.37. The molecule has 14 heavy (non-hydrogen) atoms. The molecule has 0 spiro atoms. The maximum absolute atomic E-state index is 12.8. The van der Waals surface area contributed by atoms with E-state index >= 15 is 0 Å². The number of rotatable bonds is 3. The van der Waals surface area contributed by atoms with Crippen LogP contribution in [0.5, 0.6) is 0 Å². The molecule has 0 atom stereocenters. The zero-order valence-electron chi connectivity index (χ0n) is 8.07. The third-order valence-electron chi connectivity index (χ3n) is 2.20. The third-order valence-corrected chi connectivity index (χ3v) is 2.20. The molecular weight excluding hydrogens is 181 g/mol. The van der Waals surface area contributed by atoms with Crippen molar-refractivity contribution >= 4 is 11.0 Å². The van der Waals surface area contributed by atoms with Crippen LogP contribution in [0.25, 0.3) is 11.0 Å². The Labute approximate surface area is 81.5 Å². The van der Waals surface area contributed by atoms with Gasteiger partial charge in [0.25, 0.3) is 0 Å². The summed E-state index contributed by atoms with van der Waals surface area (Å²) in [6, 6.07) is 4.57. The van der Waals surface area contributed by atoms with Crippen molar-refractivity contribution in [2.75, 3.05) is 0 Å². The van der Waals surface area contributed by atoms with Gasteiger partial charge in [-0.3, -0.25) is 0 Å². The van der Waals surface area contributed by atoms with Crippen molar-refractivity contribution < 1.29 is 4.39 Å². The molecular formula is C10H12FN3. The van der Waals surface area contributed by atoms with E-state index in [0.717, 1.165) is 24.9 Å². The van der Waals surface area contributed by atoms with Crippen LogP contribution in [0.1, 0.15) is 19.8 Å². The average Bonchev–Trinajstić information content (AvgIpc) is 2.57. The molecule has 0 fully saturated rings. The summed E-state index contributed by atoms with van der Waals surface area (Å²) in [7, 11) is 0. The summed E-state index contributed by atoms with van der Waals surface area (Å²) >= 11 is 0. The Hall–Kier alpha value is -1.45. The Bertz CT molecular complexity index is 436. The predicted molar refractivity (Wildman–Crippen MR) is 52.4 cm³/mol. The number of hydrogen-bond acceptors (Lipinski definition) is 2. The minimum atomic E-state index is -0.264. The molecule has 2 aromatic rings. The van der Waals surface area contributed by atoms with E-state index in [2.05, 4.69) is 17.2 Å². The van der Waals surface area contributed by atoms with Crippen LogP contribution in [0.3, 0.4) is 0 Å². The molecule has 0 N–H and O–H groups in total. The summed E-state index contributed by atoms with van der Waals surface area (Å²) in [6.45, 7) is 2.97. The van der Waals surface area contributed by atoms with Crippen molar-refractivity contribution in [3.05, 3.63) is 24.0 Å². The largest absolute Gasteiger partial charge is 0.245 e. The fourth-order valence-electron chi connectivity index (χ4n) is 1.42. The van der Waals surface area contributed by atoms with Crippen LogP contribution in [-0.4, -0.2) is 15.0 Å². The van der Waals surface area contributed by atoms with E-state index < -0.39 is 0 Å². The fourth-order valence-corrected chi connectivity index (χ4v) is 1.42. The molecule has 4 heteroatoms. The van der Waals surface area contributed by atoms with E-state index in [4.69, 9.17) is 0 Å². The van der Waals surface area contributed by atoms with Crippen LogP contribution >= 0.6 is 0 Å². The number of aromatic nitrogens is 3. The number of halogens is 1. The second-order valence-corrected chi connectivity index (χ2v) is 3.30. The molecule has 1 heterocycles. The third kappa shape index (κ3) is 1.60. The summed E-state index contributed by atoms with van der Waals surface area (Å²) < 4.78 is 14.6. The molecule has 3 nitrogen and oxygen atoms in total. The van der Waals surface area contributed by atoms with Gasteiger partial charge in [0.2, 0.25) is 0 Å². The number of aryl methyl sites for hydroxylation is 1. The molecule has 0 aliphatic carbocycles. The molecule has 0 bridgehead atoms. The van der Waals surface area contributed by atoms with Gasteiger partial charge in [0.1, 0.15) is 11.3 Å². The van der Waals surface area contributed by atoms with Gasteiger partial charge in [-0.1, -0.05) is 18.6 Å². The molecule has 74 valence electrons. The molecule has 0 aliphatic heterocycles. The highest BCUT2D eigenvalue weighted by molar-refractivity contribution is 5.73. The first-order valence-electron chi connectivity index (χ1n) is 4.80.